The summed E-state index contributed by atoms with van der Waals surface area (Å²) in [6.07, 6.45) is -6.00. The first-order chi connectivity index (χ1) is 14.5. The summed E-state index contributed by atoms with van der Waals surface area (Å²) in [5, 5.41) is 2.67. The maximum atomic E-state index is 13.8. The molecule has 1 fully saturated rings. The van der Waals surface area contributed by atoms with Crippen molar-refractivity contribution in [2.45, 2.75) is 38.3 Å². The summed E-state index contributed by atoms with van der Waals surface area (Å²) >= 11 is 6.27. The molecule has 166 valence electrons. The quantitative estimate of drug-likeness (QED) is 0.641. The highest BCUT2D eigenvalue weighted by atomic mass is 35.5. The van der Waals surface area contributed by atoms with E-state index in [2.05, 4.69) is 10.1 Å². The number of piperidine rings is 1. The van der Waals surface area contributed by atoms with Crippen LogP contribution in [0.25, 0.3) is 11.1 Å². The second kappa shape index (κ2) is 9.13. The number of ether oxygens (including phenoxy) is 1. The van der Waals surface area contributed by atoms with Gasteiger partial charge in [-0.05, 0) is 24.6 Å². The first-order valence-corrected chi connectivity index (χ1v) is 9.80. The zero-order valence-corrected chi connectivity index (χ0v) is 17.1. The van der Waals surface area contributed by atoms with Gasteiger partial charge in [0.2, 0.25) is 11.8 Å². The maximum Gasteiger partial charge on any atom is 0.573 e. The molecule has 1 aliphatic rings. The number of likely N-dealkylation sites (tertiary alicyclic amines) is 1. The Kier molecular flexibility index (Phi) is 6.74. The maximum absolute atomic E-state index is 13.8. The van der Waals surface area contributed by atoms with Crippen LogP contribution in [-0.4, -0.2) is 41.8 Å². The highest BCUT2D eigenvalue weighted by Crippen LogP contribution is 2.38. The minimum absolute atomic E-state index is 0.0754. The molecule has 0 aromatic heterocycles. The second-order valence-electron chi connectivity index (χ2n) is 7.08. The van der Waals surface area contributed by atoms with E-state index >= 15 is 0 Å². The number of hydrogen-bond donors (Lipinski definition) is 1. The summed E-state index contributed by atoms with van der Waals surface area (Å²) in [4.78, 5) is 25.7. The van der Waals surface area contributed by atoms with E-state index < -0.39 is 30.2 Å². The number of amides is 2. The fraction of sp³-hybridized carbons (Fsp3) is 0.333. The number of rotatable bonds is 4. The molecular weight excluding hydrogens is 440 g/mol. The van der Waals surface area contributed by atoms with Crippen LogP contribution < -0.4 is 10.1 Å². The third-order valence-corrected chi connectivity index (χ3v) is 5.20. The van der Waals surface area contributed by atoms with Gasteiger partial charge in [-0.2, -0.15) is 0 Å². The molecular formula is C21H19ClF4N2O3. The van der Waals surface area contributed by atoms with Gasteiger partial charge in [0.25, 0.3) is 0 Å². The Hall–Kier alpha value is -2.81. The van der Waals surface area contributed by atoms with E-state index in [-0.39, 0.29) is 47.1 Å². The molecule has 1 heterocycles. The summed E-state index contributed by atoms with van der Waals surface area (Å²) in [6, 6.07) is 8.84. The molecule has 1 saturated heterocycles. The lowest BCUT2D eigenvalue weighted by Gasteiger charge is -2.35. The average Bonchev–Trinajstić information content (AvgIpc) is 2.67. The summed E-state index contributed by atoms with van der Waals surface area (Å²) in [5.41, 5.74) is 0.654. The number of anilines is 1. The lowest BCUT2D eigenvalue weighted by molar-refractivity contribution is -0.274. The van der Waals surface area contributed by atoms with Gasteiger partial charge in [0.05, 0.1) is 5.02 Å². The Balaban J connectivity index is 1.82. The summed E-state index contributed by atoms with van der Waals surface area (Å²) < 4.78 is 55.9. The number of carbonyl (C=O) groups excluding carboxylic acids is 2. The molecule has 10 heteroatoms. The fourth-order valence-corrected chi connectivity index (χ4v) is 3.77. The zero-order valence-electron chi connectivity index (χ0n) is 16.4. The Morgan fingerprint density at radius 2 is 1.87 bits per heavy atom. The van der Waals surface area contributed by atoms with Gasteiger partial charge in [-0.3, -0.25) is 9.59 Å². The second-order valence-corrected chi connectivity index (χ2v) is 7.48. The van der Waals surface area contributed by atoms with Crippen LogP contribution in [0.15, 0.2) is 42.5 Å². The largest absolute Gasteiger partial charge is 0.573 e. The van der Waals surface area contributed by atoms with E-state index in [1.807, 2.05) is 0 Å². The summed E-state index contributed by atoms with van der Waals surface area (Å²) in [6.45, 7) is 1.45. The van der Waals surface area contributed by atoms with Crippen molar-refractivity contribution in [3.05, 3.63) is 47.5 Å². The van der Waals surface area contributed by atoms with Gasteiger partial charge in [0.1, 0.15) is 18.0 Å². The van der Waals surface area contributed by atoms with Crippen LogP contribution in [0.5, 0.6) is 5.75 Å². The van der Waals surface area contributed by atoms with Crippen LogP contribution >= 0.6 is 11.6 Å². The van der Waals surface area contributed by atoms with Crippen molar-refractivity contribution in [2.75, 3.05) is 11.9 Å². The zero-order chi connectivity index (χ0) is 22.8. The van der Waals surface area contributed by atoms with Gasteiger partial charge >= 0.3 is 6.36 Å². The highest BCUT2D eigenvalue weighted by molar-refractivity contribution is 6.33. The first kappa shape index (κ1) is 22.9. The third kappa shape index (κ3) is 5.66. The molecule has 0 aliphatic carbocycles. The van der Waals surface area contributed by atoms with E-state index in [1.54, 1.807) is 0 Å². The Labute approximate surface area is 180 Å². The normalized spacial score (nSPS) is 19.1. The molecule has 1 unspecified atom stereocenters. The van der Waals surface area contributed by atoms with Crippen molar-refractivity contribution in [3.63, 3.8) is 0 Å². The minimum atomic E-state index is -4.87. The van der Waals surface area contributed by atoms with E-state index in [0.717, 1.165) is 0 Å². The average molecular weight is 459 g/mol. The van der Waals surface area contributed by atoms with Crippen molar-refractivity contribution in [3.8, 4) is 16.9 Å². The van der Waals surface area contributed by atoms with E-state index in [4.69, 9.17) is 11.6 Å². The lowest BCUT2D eigenvalue weighted by atomic mass is 9.99. The number of nitrogens with zero attached hydrogens (tertiary/aromatic N) is 1. The topological polar surface area (TPSA) is 58.6 Å². The predicted octanol–water partition coefficient (Wildman–Crippen LogP) is 5.19. The van der Waals surface area contributed by atoms with E-state index in [9.17, 15) is 27.2 Å². The molecule has 0 saturated carbocycles. The van der Waals surface area contributed by atoms with Crippen LogP contribution in [0.1, 0.15) is 19.8 Å². The monoisotopic (exact) mass is 458 g/mol. The first-order valence-electron chi connectivity index (χ1n) is 9.42. The van der Waals surface area contributed by atoms with Crippen LogP contribution in [0.3, 0.4) is 0 Å². The molecule has 2 aromatic carbocycles. The van der Waals surface area contributed by atoms with Crippen molar-refractivity contribution < 1.29 is 31.9 Å². The molecule has 2 amide bonds. The third-order valence-electron chi connectivity index (χ3n) is 4.89. The van der Waals surface area contributed by atoms with E-state index in [1.165, 1.54) is 54.3 Å². The van der Waals surface area contributed by atoms with Gasteiger partial charge < -0.3 is 15.0 Å². The van der Waals surface area contributed by atoms with Gasteiger partial charge in [-0.1, -0.05) is 35.9 Å². The number of benzene rings is 2. The molecule has 5 nitrogen and oxygen atoms in total. The van der Waals surface area contributed by atoms with Crippen LogP contribution in [0.2, 0.25) is 5.02 Å². The number of alkyl halides is 4. The Morgan fingerprint density at radius 3 is 2.52 bits per heavy atom. The van der Waals surface area contributed by atoms with Gasteiger partial charge in [-0.25, -0.2) is 4.39 Å². The highest BCUT2D eigenvalue weighted by Gasteiger charge is 2.35. The predicted molar refractivity (Wildman–Crippen MR) is 108 cm³/mol. The van der Waals surface area contributed by atoms with Crippen molar-refractivity contribution >= 4 is 29.1 Å². The number of carbonyl (C=O) groups is 2. The van der Waals surface area contributed by atoms with Crippen molar-refractivity contribution in [2.24, 2.45) is 0 Å². The molecule has 1 aliphatic heterocycles. The molecule has 0 radical (unpaired) electrons. The van der Waals surface area contributed by atoms with Crippen molar-refractivity contribution in [1.82, 2.24) is 4.90 Å². The van der Waals surface area contributed by atoms with Crippen molar-refractivity contribution in [1.29, 1.82) is 0 Å². The lowest BCUT2D eigenvalue weighted by Crippen LogP contribution is -2.51. The summed E-state index contributed by atoms with van der Waals surface area (Å²) in [5.74, 6) is -1.31. The van der Waals surface area contributed by atoms with Crippen LogP contribution in [-0.2, 0) is 9.59 Å². The fourth-order valence-electron chi connectivity index (χ4n) is 3.49. The smallest absolute Gasteiger partial charge is 0.405 e. The molecule has 0 bridgehead atoms. The Morgan fingerprint density at radius 1 is 1.16 bits per heavy atom. The molecule has 1 N–H and O–H groups in total. The minimum Gasteiger partial charge on any atom is -0.405 e. The van der Waals surface area contributed by atoms with Crippen LogP contribution in [0.4, 0.5) is 23.2 Å². The number of para-hydroxylation sites is 1. The van der Waals surface area contributed by atoms with Gasteiger partial charge in [-0.15, -0.1) is 13.2 Å². The summed E-state index contributed by atoms with van der Waals surface area (Å²) in [7, 11) is 0. The standard InChI is InChI=1S/C21H19ClF4N2O3/c1-12(29)28-9-8-13(23)10-18(28)20(30)27-14-6-7-15(17(22)11-14)16-4-2-3-5-19(16)31-21(24,25)26/h2-7,11,13,18H,8-10H2,1H3,(H,27,30)/t13-,18?/m1/s1. The van der Waals surface area contributed by atoms with E-state index in [0.29, 0.717) is 0 Å². The molecule has 0 spiro atoms. The molecule has 3 rings (SSSR count). The molecule has 2 aromatic rings. The molecule has 2 atom stereocenters. The van der Waals surface area contributed by atoms with Gasteiger partial charge in [0.15, 0.2) is 0 Å². The van der Waals surface area contributed by atoms with Crippen LogP contribution in [0, 0.1) is 0 Å². The number of halogens is 5. The number of hydrogen-bond acceptors (Lipinski definition) is 3. The Bertz CT molecular complexity index is 983. The van der Waals surface area contributed by atoms with Gasteiger partial charge in [0, 0.05) is 36.7 Å². The number of nitrogens with one attached hydrogen (secondary N) is 1. The molecule has 31 heavy (non-hydrogen) atoms. The SMILES string of the molecule is CC(=O)N1CC[C@@H](F)CC1C(=O)Nc1ccc(-c2ccccc2OC(F)(F)F)c(Cl)c1.